The summed E-state index contributed by atoms with van der Waals surface area (Å²) in [6.45, 7) is 0. The van der Waals surface area contributed by atoms with Gasteiger partial charge in [0.15, 0.2) is 11.6 Å². The molecule has 0 aliphatic carbocycles. The molecule has 1 rings (SSSR count). The maximum absolute atomic E-state index is 12.8. The van der Waals surface area contributed by atoms with Crippen molar-refractivity contribution in [1.82, 2.24) is 4.98 Å². The number of pyridine rings is 1. The fourth-order valence-electron chi connectivity index (χ4n) is 0.556. The third-order valence-corrected chi connectivity index (χ3v) is 2.16. The minimum absolute atomic E-state index is 0.173. The molecule has 0 saturated heterocycles. The molecular formula is C6H3FIN3. The van der Waals surface area contributed by atoms with E-state index in [0.29, 0.717) is 0 Å². The molecule has 0 aliphatic rings. The van der Waals surface area contributed by atoms with Crippen molar-refractivity contribution in [3.05, 3.63) is 21.1 Å². The van der Waals surface area contributed by atoms with Gasteiger partial charge >= 0.3 is 0 Å². The zero-order valence-corrected chi connectivity index (χ0v) is 7.46. The monoisotopic (exact) mass is 263 g/mol. The van der Waals surface area contributed by atoms with Crippen molar-refractivity contribution in [2.24, 2.45) is 0 Å². The van der Waals surface area contributed by atoms with Gasteiger partial charge in [0.2, 0.25) is 0 Å². The average molecular weight is 263 g/mol. The number of nitrogens with two attached hydrogens (primary N) is 1. The van der Waals surface area contributed by atoms with Crippen molar-refractivity contribution in [3.63, 3.8) is 0 Å². The lowest BCUT2D eigenvalue weighted by Gasteiger charge is -1.98. The summed E-state index contributed by atoms with van der Waals surface area (Å²) in [5, 5.41) is 8.43. The highest BCUT2D eigenvalue weighted by Crippen LogP contribution is 2.17. The van der Waals surface area contributed by atoms with E-state index in [1.54, 1.807) is 28.7 Å². The van der Waals surface area contributed by atoms with Crippen LogP contribution in [0.5, 0.6) is 0 Å². The molecule has 0 spiro atoms. The SMILES string of the molecule is N#Cc1cnc(N)c(F)c1I. The number of halogens is 2. The average Bonchev–Trinajstić information content (AvgIpc) is 2.01. The normalized spacial score (nSPS) is 9.18. The standard InChI is InChI=1S/C6H3FIN3/c7-4-5(8)3(1-9)2-11-6(4)10/h2H,(H2,10,11). The van der Waals surface area contributed by atoms with E-state index in [4.69, 9.17) is 11.0 Å². The lowest BCUT2D eigenvalue weighted by molar-refractivity contribution is 0.619. The topological polar surface area (TPSA) is 62.7 Å². The molecular weight excluding hydrogens is 260 g/mol. The van der Waals surface area contributed by atoms with E-state index in [1.807, 2.05) is 0 Å². The third kappa shape index (κ3) is 1.40. The lowest BCUT2D eigenvalue weighted by Crippen LogP contribution is -1.99. The summed E-state index contributed by atoms with van der Waals surface area (Å²) in [5.41, 5.74) is 5.35. The van der Waals surface area contributed by atoms with Crippen LogP contribution < -0.4 is 5.73 Å². The van der Waals surface area contributed by atoms with Crippen molar-refractivity contribution in [3.8, 4) is 6.07 Å². The van der Waals surface area contributed by atoms with Gasteiger partial charge in [-0.2, -0.15) is 5.26 Å². The van der Waals surface area contributed by atoms with Gasteiger partial charge in [-0.3, -0.25) is 0 Å². The molecule has 0 atom stereocenters. The van der Waals surface area contributed by atoms with Crippen molar-refractivity contribution in [1.29, 1.82) is 5.26 Å². The Balaban J connectivity index is 3.40. The molecule has 0 aromatic carbocycles. The van der Waals surface area contributed by atoms with E-state index in [1.165, 1.54) is 6.20 Å². The van der Waals surface area contributed by atoms with Gasteiger partial charge in [-0.05, 0) is 22.6 Å². The Hall–Kier alpha value is -0.900. The van der Waals surface area contributed by atoms with Gasteiger partial charge in [0.25, 0.3) is 0 Å². The highest BCUT2D eigenvalue weighted by atomic mass is 127. The van der Waals surface area contributed by atoms with Gasteiger partial charge in [-0.1, -0.05) is 0 Å². The fraction of sp³-hybridized carbons (Fsp3) is 0. The van der Waals surface area contributed by atoms with Crippen LogP contribution in [0.4, 0.5) is 10.2 Å². The second-order valence-corrected chi connectivity index (χ2v) is 2.88. The predicted molar refractivity (Wildman–Crippen MR) is 46.0 cm³/mol. The Morgan fingerprint density at radius 1 is 1.73 bits per heavy atom. The summed E-state index contributed by atoms with van der Waals surface area (Å²) in [5.74, 6) is -0.793. The first-order valence-corrected chi connectivity index (χ1v) is 3.74. The van der Waals surface area contributed by atoms with Crippen LogP contribution in [0.3, 0.4) is 0 Å². The quantitative estimate of drug-likeness (QED) is 0.717. The van der Waals surface area contributed by atoms with Crippen LogP contribution in [0.1, 0.15) is 5.56 Å². The minimum atomic E-state index is -0.621. The first kappa shape index (κ1) is 8.20. The number of hydrogen-bond donors (Lipinski definition) is 1. The Labute approximate surface area is 76.2 Å². The van der Waals surface area contributed by atoms with Crippen molar-refractivity contribution in [2.75, 3.05) is 5.73 Å². The summed E-state index contributed by atoms with van der Waals surface area (Å²) >= 11 is 1.71. The van der Waals surface area contributed by atoms with E-state index >= 15 is 0 Å². The van der Waals surface area contributed by atoms with Crippen molar-refractivity contribution in [2.45, 2.75) is 0 Å². The number of anilines is 1. The number of nitrogens with zero attached hydrogens (tertiary/aromatic N) is 2. The van der Waals surface area contributed by atoms with E-state index in [0.717, 1.165) is 0 Å². The van der Waals surface area contributed by atoms with Crippen LogP contribution in [-0.4, -0.2) is 4.98 Å². The van der Waals surface area contributed by atoms with Gasteiger partial charge in [0.1, 0.15) is 6.07 Å². The molecule has 0 radical (unpaired) electrons. The van der Waals surface area contributed by atoms with Crippen LogP contribution in [0.25, 0.3) is 0 Å². The lowest BCUT2D eigenvalue weighted by atomic mass is 10.3. The molecule has 1 aromatic heterocycles. The first-order chi connectivity index (χ1) is 5.16. The molecule has 0 bridgehead atoms. The predicted octanol–water partition coefficient (Wildman–Crippen LogP) is 1.28. The summed E-state index contributed by atoms with van der Waals surface area (Å²) in [6.07, 6.45) is 1.25. The highest BCUT2D eigenvalue weighted by molar-refractivity contribution is 14.1. The van der Waals surface area contributed by atoms with Gasteiger partial charge in [0.05, 0.1) is 9.13 Å². The molecule has 1 heterocycles. The zero-order chi connectivity index (χ0) is 8.43. The fourth-order valence-corrected chi connectivity index (χ4v) is 1.09. The molecule has 5 heteroatoms. The zero-order valence-electron chi connectivity index (χ0n) is 5.31. The minimum Gasteiger partial charge on any atom is -0.381 e. The maximum atomic E-state index is 12.8. The first-order valence-electron chi connectivity index (χ1n) is 2.66. The molecule has 2 N–H and O–H groups in total. The van der Waals surface area contributed by atoms with Crippen molar-refractivity contribution < 1.29 is 4.39 Å². The summed E-state index contributed by atoms with van der Waals surface area (Å²) in [6, 6.07) is 1.80. The van der Waals surface area contributed by atoms with E-state index in [-0.39, 0.29) is 15.0 Å². The van der Waals surface area contributed by atoms with Gasteiger partial charge in [-0.15, -0.1) is 0 Å². The number of rotatable bonds is 0. The molecule has 0 saturated carbocycles. The molecule has 56 valence electrons. The van der Waals surface area contributed by atoms with Crippen LogP contribution in [0.15, 0.2) is 6.20 Å². The third-order valence-electron chi connectivity index (χ3n) is 1.11. The number of nitrogen functional groups attached to an aromatic ring is 1. The van der Waals surface area contributed by atoms with Crippen LogP contribution in [-0.2, 0) is 0 Å². The summed E-state index contributed by atoms with van der Waals surface area (Å²) in [4.78, 5) is 3.49. The molecule has 3 nitrogen and oxygen atoms in total. The Morgan fingerprint density at radius 3 is 2.91 bits per heavy atom. The molecule has 0 fully saturated rings. The highest BCUT2D eigenvalue weighted by Gasteiger charge is 2.08. The van der Waals surface area contributed by atoms with E-state index in [9.17, 15) is 4.39 Å². The molecule has 0 unspecified atom stereocenters. The Bertz CT molecular complexity index is 331. The second kappa shape index (κ2) is 3.00. The number of nitriles is 1. The number of hydrogen-bond acceptors (Lipinski definition) is 3. The van der Waals surface area contributed by atoms with E-state index in [2.05, 4.69) is 4.98 Å². The van der Waals surface area contributed by atoms with Crippen LogP contribution in [0, 0.1) is 20.7 Å². The van der Waals surface area contributed by atoms with Gasteiger partial charge < -0.3 is 5.73 Å². The van der Waals surface area contributed by atoms with Gasteiger partial charge in [0, 0.05) is 6.20 Å². The smallest absolute Gasteiger partial charge is 0.179 e. The Morgan fingerprint density at radius 2 is 2.36 bits per heavy atom. The summed E-state index contributed by atoms with van der Waals surface area (Å²) in [7, 11) is 0. The van der Waals surface area contributed by atoms with Crippen LogP contribution in [0.2, 0.25) is 0 Å². The maximum Gasteiger partial charge on any atom is 0.179 e. The largest absolute Gasteiger partial charge is 0.381 e. The molecule has 0 amide bonds. The number of aromatic nitrogens is 1. The molecule has 11 heavy (non-hydrogen) atoms. The molecule has 1 aromatic rings. The van der Waals surface area contributed by atoms with E-state index < -0.39 is 5.82 Å². The van der Waals surface area contributed by atoms with Crippen LogP contribution >= 0.6 is 22.6 Å². The summed E-state index contributed by atoms with van der Waals surface area (Å²) < 4.78 is 13.1. The molecule has 0 aliphatic heterocycles. The van der Waals surface area contributed by atoms with Gasteiger partial charge in [-0.25, -0.2) is 9.37 Å². The second-order valence-electron chi connectivity index (χ2n) is 1.80. The van der Waals surface area contributed by atoms with Crippen molar-refractivity contribution >= 4 is 28.4 Å². The Kier molecular flexibility index (Phi) is 2.24.